The zero-order valence-electron chi connectivity index (χ0n) is 11.4. The van der Waals surface area contributed by atoms with Crippen molar-refractivity contribution >= 4 is 18.0 Å². The predicted molar refractivity (Wildman–Crippen MR) is 70.4 cm³/mol. The minimum Gasteiger partial charge on any atom is -0.447 e. The van der Waals surface area contributed by atoms with Crippen LogP contribution in [0.25, 0.3) is 0 Å². The molecule has 3 atom stereocenters. The van der Waals surface area contributed by atoms with Gasteiger partial charge in [0.25, 0.3) is 0 Å². The van der Waals surface area contributed by atoms with Crippen LogP contribution in [0.1, 0.15) is 6.42 Å². The third-order valence-corrected chi connectivity index (χ3v) is 4.29. The van der Waals surface area contributed by atoms with Gasteiger partial charge in [0.2, 0.25) is 11.7 Å². The standard InChI is InChI=1S/C10H17N7O5/c11-6-14-5-4(3-22-8(13)18)17(21)7(12)16-2-1-9(19,20)10(5,16)15-6/h4-5,12,19-21H,1-3H2,(H2,13,18)(H3,11,14,15). The normalized spacial score (nSPS) is 35.6. The number of nitrogens with zero attached hydrogens (tertiary/aromatic N) is 3. The second-order valence-electron chi connectivity index (χ2n) is 5.43. The van der Waals surface area contributed by atoms with Gasteiger partial charge in [-0.05, 0) is 0 Å². The highest BCUT2D eigenvalue weighted by molar-refractivity contribution is 5.86. The number of amides is 1. The first kappa shape index (κ1) is 14.6. The maximum Gasteiger partial charge on any atom is 0.404 e. The highest BCUT2D eigenvalue weighted by atomic mass is 16.6. The number of aliphatic hydroxyl groups is 2. The van der Waals surface area contributed by atoms with Crippen LogP contribution in [0.15, 0.2) is 4.99 Å². The van der Waals surface area contributed by atoms with E-state index >= 15 is 0 Å². The van der Waals surface area contributed by atoms with Crippen LogP contribution in [-0.4, -0.2) is 80.1 Å². The Morgan fingerprint density at radius 2 is 2.27 bits per heavy atom. The van der Waals surface area contributed by atoms with Crippen molar-refractivity contribution in [2.24, 2.45) is 16.5 Å². The number of nitrogens with two attached hydrogens (primary N) is 2. The first-order chi connectivity index (χ1) is 10.2. The Hall–Kier alpha value is -2.31. The molecule has 0 bridgehead atoms. The second kappa shape index (κ2) is 4.34. The molecule has 12 heteroatoms. The molecule has 122 valence electrons. The van der Waals surface area contributed by atoms with E-state index in [-0.39, 0.29) is 18.9 Å². The van der Waals surface area contributed by atoms with Gasteiger partial charge >= 0.3 is 6.09 Å². The van der Waals surface area contributed by atoms with Crippen LogP contribution in [0.2, 0.25) is 0 Å². The fourth-order valence-electron chi connectivity index (χ4n) is 3.34. The lowest BCUT2D eigenvalue weighted by Crippen LogP contribution is -2.80. The van der Waals surface area contributed by atoms with Gasteiger partial charge in [0.15, 0.2) is 11.6 Å². The number of guanidine groups is 2. The minimum atomic E-state index is -2.25. The van der Waals surface area contributed by atoms with Gasteiger partial charge < -0.3 is 36.6 Å². The second-order valence-corrected chi connectivity index (χ2v) is 5.43. The predicted octanol–water partition coefficient (Wildman–Crippen LogP) is -3.54. The zero-order chi connectivity index (χ0) is 16.3. The van der Waals surface area contributed by atoms with Crippen molar-refractivity contribution in [2.75, 3.05) is 13.2 Å². The van der Waals surface area contributed by atoms with Gasteiger partial charge in [0, 0.05) is 13.0 Å². The van der Waals surface area contributed by atoms with E-state index in [0.717, 1.165) is 0 Å². The molecule has 2 fully saturated rings. The average molecular weight is 315 g/mol. The number of ether oxygens (including phenoxy) is 1. The Kier molecular flexibility index (Phi) is 2.89. The van der Waals surface area contributed by atoms with E-state index in [1.54, 1.807) is 0 Å². The third kappa shape index (κ3) is 1.65. The van der Waals surface area contributed by atoms with Gasteiger partial charge in [-0.25, -0.2) is 14.9 Å². The molecule has 0 saturated carbocycles. The molecule has 3 rings (SSSR count). The Morgan fingerprint density at radius 3 is 2.91 bits per heavy atom. The summed E-state index contributed by atoms with van der Waals surface area (Å²) in [6, 6.07) is -2.05. The molecule has 2 saturated heterocycles. The number of primary amides is 1. The summed E-state index contributed by atoms with van der Waals surface area (Å²) in [5.41, 5.74) is 8.96. The van der Waals surface area contributed by atoms with Crippen LogP contribution >= 0.6 is 0 Å². The van der Waals surface area contributed by atoms with Crippen molar-refractivity contribution in [1.82, 2.24) is 15.3 Å². The minimum absolute atomic E-state index is 0.0726. The van der Waals surface area contributed by atoms with Crippen LogP contribution in [0.3, 0.4) is 0 Å². The first-order valence-electron chi connectivity index (χ1n) is 6.53. The summed E-state index contributed by atoms with van der Waals surface area (Å²) in [6.07, 6.45) is -1.15. The molecule has 3 aliphatic heterocycles. The van der Waals surface area contributed by atoms with Gasteiger partial charge in [-0.15, -0.1) is 0 Å². The summed E-state index contributed by atoms with van der Waals surface area (Å²) in [5.74, 6) is -2.71. The van der Waals surface area contributed by atoms with Gasteiger partial charge in [-0.1, -0.05) is 0 Å². The number of hydrogen-bond donors (Lipinski definition) is 7. The van der Waals surface area contributed by atoms with Crippen molar-refractivity contribution in [3.63, 3.8) is 0 Å². The maximum absolute atomic E-state index is 10.8. The SMILES string of the molecule is N=C1N(O)C(COC(N)=O)C2N=C(N)NC23N1CCC3(O)O. The lowest BCUT2D eigenvalue weighted by molar-refractivity contribution is -0.241. The number of rotatable bonds is 2. The molecule has 1 spiro atoms. The summed E-state index contributed by atoms with van der Waals surface area (Å²) in [7, 11) is 0. The van der Waals surface area contributed by atoms with Gasteiger partial charge in [-0.3, -0.25) is 10.6 Å². The molecule has 3 heterocycles. The van der Waals surface area contributed by atoms with Crippen molar-refractivity contribution in [3.05, 3.63) is 0 Å². The van der Waals surface area contributed by atoms with Crippen molar-refractivity contribution < 1.29 is 25.0 Å². The largest absolute Gasteiger partial charge is 0.447 e. The quantitative estimate of drug-likeness (QED) is 0.252. The monoisotopic (exact) mass is 315 g/mol. The Bertz CT molecular complexity index is 566. The molecular formula is C10H17N7O5. The third-order valence-electron chi connectivity index (χ3n) is 4.29. The highest BCUT2D eigenvalue weighted by Crippen LogP contribution is 2.45. The summed E-state index contributed by atoms with van der Waals surface area (Å²) >= 11 is 0. The number of nitrogens with one attached hydrogen (secondary N) is 2. The van der Waals surface area contributed by atoms with Gasteiger partial charge in [0.05, 0.1) is 0 Å². The molecule has 0 aromatic heterocycles. The Labute approximate surface area is 124 Å². The molecule has 3 aliphatic rings. The number of aliphatic imine (C=N–C) groups is 1. The molecule has 1 amide bonds. The fraction of sp³-hybridized carbons (Fsp3) is 0.700. The summed E-state index contributed by atoms with van der Waals surface area (Å²) < 4.78 is 4.68. The van der Waals surface area contributed by atoms with Crippen LogP contribution in [0.4, 0.5) is 4.79 Å². The van der Waals surface area contributed by atoms with Crippen LogP contribution in [0, 0.1) is 5.41 Å². The maximum atomic E-state index is 10.8. The lowest BCUT2D eigenvalue weighted by Gasteiger charge is -2.52. The Morgan fingerprint density at radius 1 is 1.59 bits per heavy atom. The van der Waals surface area contributed by atoms with Crippen molar-refractivity contribution in [2.45, 2.75) is 30.0 Å². The van der Waals surface area contributed by atoms with E-state index < -0.39 is 42.2 Å². The molecule has 12 nitrogen and oxygen atoms in total. The summed E-state index contributed by atoms with van der Waals surface area (Å²) in [5, 5.41) is 42.1. The fourth-order valence-corrected chi connectivity index (χ4v) is 3.34. The van der Waals surface area contributed by atoms with Gasteiger partial charge in [-0.2, -0.15) is 0 Å². The number of carbonyl (C=O) groups is 1. The van der Waals surface area contributed by atoms with E-state index in [9.17, 15) is 20.2 Å². The molecule has 0 aromatic carbocycles. The lowest BCUT2D eigenvalue weighted by atomic mass is 9.86. The van der Waals surface area contributed by atoms with Crippen LogP contribution in [-0.2, 0) is 4.74 Å². The smallest absolute Gasteiger partial charge is 0.404 e. The van der Waals surface area contributed by atoms with E-state index in [1.807, 2.05) is 0 Å². The zero-order valence-corrected chi connectivity index (χ0v) is 11.4. The number of hydrogen-bond acceptors (Lipinski definition) is 9. The summed E-state index contributed by atoms with van der Waals surface area (Å²) in [6.45, 7) is -0.304. The highest BCUT2D eigenvalue weighted by Gasteiger charge is 2.71. The molecular weight excluding hydrogens is 298 g/mol. The average Bonchev–Trinajstić information content (AvgIpc) is 2.89. The van der Waals surface area contributed by atoms with Gasteiger partial charge in [0.1, 0.15) is 18.7 Å². The first-order valence-corrected chi connectivity index (χ1v) is 6.53. The molecule has 0 radical (unpaired) electrons. The number of carbonyl (C=O) groups excluding carboxylic acids is 1. The number of hydroxylamine groups is 2. The topological polar surface area (TPSA) is 194 Å². The molecule has 3 unspecified atom stereocenters. The van der Waals surface area contributed by atoms with E-state index in [1.165, 1.54) is 4.90 Å². The van der Waals surface area contributed by atoms with E-state index in [4.69, 9.17) is 16.9 Å². The molecule has 9 N–H and O–H groups in total. The molecule has 0 aliphatic carbocycles. The van der Waals surface area contributed by atoms with Crippen molar-refractivity contribution in [3.8, 4) is 0 Å². The van der Waals surface area contributed by atoms with E-state index in [2.05, 4.69) is 15.0 Å². The van der Waals surface area contributed by atoms with Crippen LogP contribution < -0.4 is 16.8 Å². The van der Waals surface area contributed by atoms with Crippen molar-refractivity contribution in [1.29, 1.82) is 5.41 Å². The molecule has 22 heavy (non-hydrogen) atoms. The van der Waals surface area contributed by atoms with Crippen LogP contribution in [0.5, 0.6) is 0 Å². The molecule has 0 aromatic rings. The Balaban J connectivity index is 2.03. The van der Waals surface area contributed by atoms with E-state index in [0.29, 0.717) is 5.06 Å². The summed E-state index contributed by atoms with van der Waals surface area (Å²) in [4.78, 5) is 16.1.